The smallest absolute Gasteiger partial charge is 0.305 e. The molecule has 10 heavy (non-hydrogen) atoms. The van der Waals surface area contributed by atoms with Gasteiger partial charge in [0.2, 0.25) is 0 Å². The van der Waals surface area contributed by atoms with E-state index in [9.17, 15) is 4.79 Å². The van der Waals surface area contributed by atoms with Gasteiger partial charge in [-0.2, -0.15) is 0 Å². The summed E-state index contributed by atoms with van der Waals surface area (Å²) < 4.78 is 0. The molecule has 0 heterocycles. The highest BCUT2D eigenvalue weighted by Gasteiger charge is 2.04. The molecule has 5 N–H and O–H groups in total. The average molecular weight is 145 g/mol. The summed E-state index contributed by atoms with van der Waals surface area (Å²) in [5, 5.41) is 8.25. The lowest BCUT2D eigenvalue weighted by molar-refractivity contribution is -0.137. The topological polar surface area (TPSA) is 102 Å². The normalized spacial score (nSPS) is 12.1. The Labute approximate surface area is 58.7 Å². The van der Waals surface area contributed by atoms with E-state index in [1.165, 1.54) is 0 Å². The minimum absolute atomic E-state index is 0.0438. The quantitative estimate of drug-likeness (QED) is 0.354. The van der Waals surface area contributed by atoms with Crippen molar-refractivity contribution in [3.63, 3.8) is 0 Å². The average Bonchev–Trinajstić information content (AvgIpc) is 1.58. The van der Waals surface area contributed by atoms with Crippen LogP contribution in [0.5, 0.6) is 0 Å². The lowest BCUT2D eigenvalue weighted by atomic mass is 10.2. The van der Waals surface area contributed by atoms with E-state index in [0.29, 0.717) is 0 Å². The number of nitrogens with two attached hydrogens (primary N) is 2. The predicted molar refractivity (Wildman–Crippen MR) is 37.5 cm³/mol. The van der Waals surface area contributed by atoms with Gasteiger partial charge in [-0.3, -0.25) is 4.79 Å². The summed E-state index contributed by atoms with van der Waals surface area (Å²) in [4.78, 5) is 13.6. The van der Waals surface area contributed by atoms with Crippen LogP contribution >= 0.6 is 0 Å². The van der Waals surface area contributed by atoms with Crippen LogP contribution in [0.1, 0.15) is 13.3 Å². The highest BCUT2D eigenvalue weighted by Crippen LogP contribution is 1.94. The third-order valence-corrected chi connectivity index (χ3v) is 0.839. The standard InChI is InChI=1S/C5H11N3O2/c1-3(2-4(9)10)8-5(6)7/h3H,2H2,1H3,(H,9,10)(H4,6,7,8)/t3-/m1/s1. The van der Waals surface area contributed by atoms with Crippen LogP contribution in [0.15, 0.2) is 4.99 Å². The maximum atomic E-state index is 10.0. The molecule has 5 nitrogen and oxygen atoms in total. The lowest BCUT2D eigenvalue weighted by Crippen LogP contribution is -2.25. The maximum absolute atomic E-state index is 10.0. The second-order valence-electron chi connectivity index (χ2n) is 2.00. The Morgan fingerprint density at radius 2 is 2.20 bits per heavy atom. The largest absolute Gasteiger partial charge is 0.481 e. The molecule has 0 unspecified atom stereocenters. The summed E-state index contributed by atoms with van der Waals surface area (Å²) >= 11 is 0. The number of aliphatic imine (C=N–C) groups is 1. The second kappa shape index (κ2) is 3.71. The molecule has 0 fully saturated rings. The van der Waals surface area contributed by atoms with E-state index in [1.807, 2.05) is 0 Å². The molecule has 5 heteroatoms. The first kappa shape index (κ1) is 8.74. The molecule has 0 amide bonds. The van der Waals surface area contributed by atoms with Crippen molar-refractivity contribution in [2.45, 2.75) is 19.4 Å². The van der Waals surface area contributed by atoms with Crippen LogP contribution in [0.2, 0.25) is 0 Å². The van der Waals surface area contributed by atoms with E-state index >= 15 is 0 Å². The maximum Gasteiger partial charge on any atom is 0.305 e. The number of carboxylic acids is 1. The molecule has 1 atom stereocenters. The SMILES string of the molecule is C[C@H](CC(=O)O)N=C(N)N. The van der Waals surface area contributed by atoms with Gasteiger partial charge in [0.1, 0.15) is 0 Å². The summed E-state index contributed by atoms with van der Waals surface area (Å²) in [6, 6.07) is -0.345. The van der Waals surface area contributed by atoms with Gasteiger partial charge in [0.05, 0.1) is 12.5 Å². The fourth-order valence-corrected chi connectivity index (χ4v) is 0.553. The molecule has 58 valence electrons. The van der Waals surface area contributed by atoms with Crippen LogP contribution in [0.3, 0.4) is 0 Å². The number of rotatable bonds is 3. The summed E-state index contributed by atoms with van der Waals surface area (Å²) in [5.74, 6) is -0.980. The number of carboxylic acid groups (broad SMARTS) is 1. The van der Waals surface area contributed by atoms with Gasteiger partial charge in [-0.1, -0.05) is 0 Å². The monoisotopic (exact) mass is 145 g/mol. The molecular formula is C5H11N3O2. The van der Waals surface area contributed by atoms with Crippen LogP contribution in [0.4, 0.5) is 0 Å². The highest BCUT2D eigenvalue weighted by molar-refractivity contribution is 5.76. The minimum atomic E-state index is -0.905. The van der Waals surface area contributed by atoms with Gasteiger partial charge in [-0.15, -0.1) is 0 Å². The third kappa shape index (κ3) is 4.89. The molecule has 0 aromatic carbocycles. The first-order valence-corrected chi connectivity index (χ1v) is 2.83. The molecular weight excluding hydrogens is 134 g/mol. The van der Waals surface area contributed by atoms with Crippen LogP contribution in [-0.2, 0) is 4.79 Å². The van der Waals surface area contributed by atoms with Crippen LogP contribution in [0.25, 0.3) is 0 Å². The molecule has 0 aromatic rings. The van der Waals surface area contributed by atoms with Crippen molar-refractivity contribution in [1.29, 1.82) is 0 Å². The first-order valence-electron chi connectivity index (χ1n) is 2.83. The van der Waals surface area contributed by atoms with Crippen LogP contribution in [0, 0.1) is 0 Å². The lowest BCUT2D eigenvalue weighted by Gasteiger charge is -2.00. The molecule has 0 radical (unpaired) electrons. The Bertz CT molecular complexity index is 151. The fourth-order valence-electron chi connectivity index (χ4n) is 0.553. The van der Waals surface area contributed by atoms with Gasteiger partial charge >= 0.3 is 5.97 Å². The highest BCUT2D eigenvalue weighted by atomic mass is 16.4. The number of hydrogen-bond acceptors (Lipinski definition) is 2. The van der Waals surface area contributed by atoms with Gasteiger partial charge < -0.3 is 16.6 Å². The second-order valence-corrected chi connectivity index (χ2v) is 2.00. The summed E-state index contributed by atoms with van der Waals surface area (Å²) in [5.41, 5.74) is 10.0. The first-order chi connectivity index (χ1) is 4.52. The predicted octanol–water partition coefficient (Wildman–Crippen LogP) is -0.877. The number of nitrogens with zero attached hydrogens (tertiary/aromatic N) is 1. The van der Waals surface area contributed by atoms with E-state index in [1.54, 1.807) is 6.92 Å². The zero-order valence-electron chi connectivity index (χ0n) is 5.74. The van der Waals surface area contributed by atoms with Crippen LogP contribution < -0.4 is 11.5 Å². The van der Waals surface area contributed by atoms with Gasteiger partial charge in [0.15, 0.2) is 5.96 Å². The van der Waals surface area contributed by atoms with E-state index in [0.717, 1.165) is 0 Å². The number of carbonyl (C=O) groups is 1. The summed E-state index contributed by atoms with van der Waals surface area (Å²) in [7, 11) is 0. The van der Waals surface area contributed by atoms with E-state index in [4.69, 9.17) is 16.6 Å². The van der Waals surface area contributed by atoms with E-state index < -0.39 is 5.97 Å². The molecule has 0 aliphatic heterocycles. The van der Waals surface area contributed by atoms with E-state index in [-0.39, 0.29) is 18.4 Å². The Morgan fingerprint density at radius 1 is 1.70 bits per heavy atom. The zero-order valence-corrected chi connectivity index (χ0v) is 5.74. The molecule has 0 saturated carbocycles. The van der Waals surface area contributed by atoms with Crippen molar-refractivity contribution in [3.8, 4) is 0 Å². The molecule has 0 spiro atoms. The molecule has 0 bridgehead atoms. The van der Waals surface area contributed by atoms with Gasteiger partial charge in [0, 0.05) is 0 Å². The molecule has 0 aromatic heterocycles. The van der Waals surface area contributed by atoms with Crippen molar-refractivity contribution in [2.75, 3.05) is 0 Å². The minimum Gasteiger partial charge on any atom is -0.481 e. The zero-order chi connectivity index (χ0) is 8.15. The Kier molecular flexibility index (Phi) is 3.24. The number of hydrogen-bond donors (Lipinski definition) is 3. The Morgan fingerprint density at radius 3 is 2.50 bits per heavy atom. The van der Waals surface area contributed by atoms with Gasteiger partial charge in [-0.05, 0) is 6.92 Å². The van der Waals surface area contributed by atoms with Crippen molar-refractivity contribution < 1.29 is 9.90 Å². The summed E-state index contributed by atoms with van der Waals surface area (Å²) in [6.45, 7) is 1.63. The Hall–Kier alpha value is -1.26. The van der Waals surface area contributed by atoms with Crippen molar-refractivity contribution >= 4 is 11.9 Å². The van der Waals surface area contributed by atoms with Crippen LogP contribution in [-0.4, -0.2) is 23.1 Å². The van der Waals surface area contributed by atoms with E-state index in [2.05, 4.69) is 4.99 Å². The Balaban J connectivity index is 3.75. The number of aliphatic carboxylic acids is 1. The summed E-state index contributed by atoms with van der Waals surface area (Å²) in [6.07, 6.45) is -0.0438. The third-order valence-electron chi connectivity index (χ3n) is 0.839. The van der Waals surface area contributed by atoms with Gasteiger partial charge in [-0.25, -0.2) is 4.99 Å². The molecule has 0 aliphatic rings. The number of guanidine groups is 1. The van der Waals surface area contributed by atoms with Gasteiger partial charge in [0.25, 0.3) is 0 Å². The molecule has 0 rings (SSSR count). The van der Waals surface area contributed by atoms with Crippen molar-refractivity contribution in [1.82, 2.24) is 0 Å². The molecule has 0 saturated heterocycles. The van der Waals surface area contributed by atoms with Crippen molar-refractivity contribution in [3.05, 3.63) is 0 Å². The fraction of sp³-hybridized carbons (Fsp3) is 0.600. The molecule has 0 aliphatic carbocycles. The van der Waals surface area contributed by atoms with Crippen molar-refractivity contribution in [2.24, 2.45) is 16.5 Å².